The number of nitrogens with zero attached hydrogens (tertiary/aromatic N) is 3. The lowest BCUT2D eigenvalue weighted by Crippen LogP contribution is -2.53. The van der Waals surface area contributed by atoms with Gasteiger partial charge in [-0.25, -0.2) is 4.79 Å². The molecule has 5 nitrogen and oxygen atoms in total. The minimum atomic E-state index is -5.72. The Morgan fingerprint density at radius 1 is 1.00 bits per heavy atom. The molecule has 1 aliphatic carbocycles. The topological polar surface area (TPSA) is 36.0 Å². The minimum Gasteiger partial charge on any atom is -0.426 e. The van der Waals surface area contributed by atoms with Crippen LogP contribution < -0.4 is 0 Å². The van der Waals surface area contributed by atoms with Crippen molar-refractivity contribution in [1.82, 2.24) is 14.7 Å². The zero-order valence-electron chi connectivity index (χ0n) is 16.7. The van der Waals surface area contributed by atoms with Crippen LogP contribution in [0, 0.1) is 0 Å². The van der Waals surface area contributed by atoms with Gasteiger partial charge in [0.1, 0.15) is 0 Å². The predicted molar refractivity (Wildman–Crippen MR) is 102 cm³/mol. The maximum Gasteiger partial charge on any atom is 0.434 e. The molecule has 0 saturated carbocycles. The fourth-order valence-electron chi connectivity index (χ4n) is 4.11. The van der Waals surface area contributed by atoms with Crippen LogP contribution in [-0.4, -0.2) is 91.1 Å². The number of hydrogen-bond donors (Lipinski definition) is 0. The smallest absolute Gasteiger partial charge is 0.426 e. The second kappa shape index (κ2) is 9.58. The number of carbonyl (C=O) groups excluding carboxylic acids is 1. The van der Waals surface area contributed by atoms with E-state index in [4.69, 9.17) is 11.6 Å². The summed E-state index contributed by atoms with van der Waals surface area (Å²) < 4.78 is 79.4. The van der Waals surface area contributed by atoms with E-state index in [-0.39, 0.29) is 19.1 Å². The highest BCUT2D eigenvalue weighted by atomic mass is 35.5. The van der Waals surface area contributed by atoms with E-state index in [0.29, 0.717) is 19.6 Å². The van der Waals surface area contributed by atoms with Crippen molar-refractivity contribution in [3.05, 3.63) is 22.8 Å². The van der Waals surface area contributed by atoms with E-state index in [0.717, 1.165) is 47.9 Å². The Labute approximate surface area is 181 Å². The van der Waals surface area contributed by atoms with Gasteiger partial charge in [-0.15, -0.1) is 0 Å². The molecule has 0 aromatic heterocycles. The summed E-state index contributed by atoms with van der Waals surface area (Å²) in [5.74, 6) is 0. The molecule has 0 N–H and O–H groups in total. The molecule has 0 aromatic rings. The summed E-state index contributed by atoms with van der Waals surface area (Å²) in [6.07, 6.45) is -10.4. The Hall–Kier alpha value is -1.46. The van der Waals surface area contributed by atoms with E-state index in [2.05, 4.69) is 9.64 Å². The number of hydrogen-bond acceptors (Lipinski definition) is 4. The Morgan fingerprint density at radius 2 is 1.58 bits per heavy atom. The molecule has 3 rings (SSSR count). The lowest BCUT2D eigenvalue weighted by Gasteiger charge is -2.38. The number of carbonyl (C=O) groups is 1. The third-order valence-corrected chi connectivity index (χ3v) is 6.01. The second-order valence-corrected chi connectivity index (χ2v) is 8.41. The van der Waals surface area contributed by atoms with Gasteiger partial charge in [-0.05, 0) is 37.6 Å². The summed E-state index contributed by atoms with van der Waals surface area (Å²) in [5.41, 5.74) is 1.16. The summed E-state index contributed by atoms with van der Waals surface area (Å²) >= 11 is 6.22. The average Bonchev–Trinajstić information content (AvgIpc) is 3.20. The third-order valence-electron chi connectivity index (χ3n) is 5.73. The van der Waals surface area contributed by atoms with Crippen molar-refractivity contribution in [2.24, 2.45) is 0 Å². The Morgan fingerprint density at radius 3 is 2.13 bits per heavy atom. The molecule has 1 atom stereocenters. The highest BCUT2D eigenvalue weighted by molar-refractivity contribution is 6.29. The van der Waals surface area contributed by atoms with Crippen LogP contribution in [0.25, 0.3) is 0 Å². The first kappa shape index (κ1) is 24.2. The van der Waals surface area contributed by atoms with Crippen molar-refractivity contribution < 1.29 is 35.9 Å². The molecule has 0 spiro atoms. The first-order valence-electron chi connectivity index (χ1n) is 10.1. The van der Waals surface area contributed by atoms with Crippen molar-refractivity contribution in [2.75, 3.05) is 45.8 Å². The van der Waals surface area contributed by atoms with Crippen LogP contribution in [0.4, 0.5) is 31.1 Å². The van der Waals surface area contributed by atoms with Crippen LogP contribution in [0.5, 0.6) is 0 Å². The van der Waals surface area contributed by atoms with E-state index in [1.54, 1.807) is 0 Å². The molecule has 2 heterocycles. The maximum absolute atomic E-state index is 12.6. The highest BCUT2D eigenvalue weighted by Gasteiger charge is 2.60. The standard InChI is InChI=1S/C19H24ClF6N3O2/c20-14-4-3-13(15(11-14)28-5-1-2-6-28)12-27-7-9-29(10-8-27)17(30)31-16(18(21,22)23)19(24,25)26/h3-4,15-16H,1-2,5-12H2. The van der Waals surface area contributed by atoms with Gasteiger partial charge in [0, 0.05) is 50.2 Å². The molecule has 3 aliphatic rings. The molecule has 0 bridgehead atoms. The molecule has 12 heteroatoms. The van der Waals surface area contributed by atoms with E-state index < -0.39 is 24.5 Å². The molecule has 1 unspecified atom stereocenters. The fraction of sp³-hybridized carbons (Fsp3) is 0.737. The summed E-state index contributed by atoms with van der Waals surface area (Å²) in [6, 6.07) is 0.183. The van der Waals surface area contributed by atoms with Gasteiger partial charge in [-0.2, -0.15) is 26.3 Å². The molecule has 1 amide bonds. The van der Waals surface area contributed by atoms with E-state index in [1.165, 1.54) is 0 Å². The first-order chi connectivity index (χ1) is 14.4. The van der Waals surface area contributed by atoms with E-state index in [9.17, 15) is 31.1 Å². The van der Waals surface area contributed by atoms with Crippen LogP contribution in [-0.2, 0) is 4.74 Å². The van der Waals surface area contributed by atoms with Gasteiger partial charge in [-0.1, -0.05) is 17.7 Å². The lowest BCUT2D eigenvalue weighted by atomic mass is 9.96. The molecule has 0 aromatic carbocycles. The summed E-state index contributed by atoms with van der Waals surface area (Å²) in [4.78, 5) is 17.2. The lowest BCUT2D eigenvalue weighted by molar-refractivity contribution is -0.308. The predicted octanol–water partition coefficient (Wildman–Crippen LogP) is 4.15. The van der Waals surface area contributed by atoms with Crippen molar-refractivity contribution in [1.29, 1.82) is 0 Å². The van der Waals surface area contributed by atoms with E-state index >= 15 is 0 Å². The Bertz CT molecular complexity index is 696. The molecule has 2 aliphatic heterocycles. The number of ether oxygens (including phenoxy) is 1. The van der Waals surface area contributed by atoms with Crippen molar-refractivity contribution >= 4 is 17.7 Å². The zero-order valence-corrected chi connectivity index (χ0v) is 17.4. The number of amides is 1. The largest absolute Gasteiger partial charge is 0.434 e. The maximum atomic E-state index is 12.6. The van der Waals surface area contributed by atoms with Gasteiger partial charge in [0.15, 0.2) is 0 Å². The molecule has 0 radical (unpaired) electrons. The second-order valence-electron chi connectivity index (χ2n) is 7.93. The Kier molecular flexibility index (Phi) is 7.47. The van der Waals surface area contributed by atoms with Crippen molar-refractivity contribution in [3.8, 4) is 0 Å². The van der Waals surface area contributed by atoms with Crippen molar-refractivity contribution in [2.45, 2.75) is 43.8 Å². The van der Waals surface area contributed by atoms with Crippen LogP contribution >= 0.6 is 11.6 Å². The van der Waals surface area contributed by atoms with Gasteiger partial charge < -0.3 is 9.64 Å². The molecule has 31 heavy (non-hydrogen) atoms. The normalized spacial score (nSPS) is 24.4. The number of rotatable bonds is 4. The fourth-order valence-corrected chi connectivity index (χ4v) is 4.32. The zero-order chi connectivity index (χ0) is 22.8. The monoisotopic (exact) mass is 475 g/mol. The van der Waals surface area contributed by atoms with Gasteiger partial charge in [0.2, 0.25) is 0 Å². The molecular formula is C19H24ClF6N3O2. The van der Waals surface area contributed by atoms with Crippen LogP contribution in [0.1, 0.15) is 19.3 Å². The van der Waals surface area contributed by atoms with Gasteiger partial charge >= 0.3 is 18.4 Å². The molecule has 2 fully saturated rings. The number of piperazine rings is 1. The molecule has 176 valence electrons. The first-order valence-corrected chi connectivity index (χ1v) is 10.4. The van der Waals surface area contributed by atoms with Gasteiger partial charge in [-0.3, -0.25) is 9.80 Å². The summed E-state index contributed by atoms with van der Waals surface area (Å²) in [7, 11) is 0. The molecular weight excluding hydrogens is 452 g/mol. The number of allylic oxidation sites excluding steroid dienone is 2. The summed E-state index contributed by atoms with van der Waals surface area (Å²) in [5, 5.41) is 0.775. The average molecular weight is 476 g/mol. The number of alkyl halides is 6. The third kappa shape index (κ3) is 6.29. The van der Waals surface area contributed by atoms with Crippen molar-refractivity contribution in [3.63, 3.8) is 0 Å². The number of halogens is 7. The molecule has 2 saturated heterocycles. The highest BCUT2D eigenvalue weighted by Crippen LogP contribution is 2.36. The minimum absolute atomic E-state index is 0.0144. The van der Waals surface area contributed by atoms with Gasteiger partial charge in [0.05, 0.1) is 0 Å². The quantitative estimate of drug-likeness (QED) is 0.572. The van der Waals surface area contributed by atoms with Crippen LogP contribution in [0.3, 0.4) is 0 Å². The van der Waals surface area contributed by atoms with Gasteiger partial charge in [0.25, 0.3) is 6.10 Å². The van der Waals surface area contributed by atoms with E-state index in [1.807, 2.05) is 17.1 Å². The van der Waals surface area contributed by atoms with Crippen LogP contribution in [0.2, 0.25) is 0 Å². The summed E-state index contributed by atoms with van der Waals surface area (Å²) in [6.45, 7) is 3.19. The number of likely N-dealkylation sites (tertiary alicyclic amines) is 1. The SMILES string of the molecule is O=C(OC(C(F)(F)F)C(F)(F)F)N1CCN(CC2=CC=C(Cl)CC2N2CCCC2)CC1. The van der Waals surface area contributed by atoms with Crippen LogP contribution in [0.15, 0.2) is 22.8 Å². The Balaban J connectivity index is 1.54.